The first-order chi connectivity index (χ1) is 4.79. The molecule has 0 unspecified atom stereocenters. The van der Waals surface area contributed by atoms with Crippen LogP contribution in [0, 0.1) is 6.92 Å². The van der Waals surface area contributed by atoms with E-state index >= 15 is 0 Å². The zero-order valence-electron chi connectivity index (χ0n) is 6.37. The average molecular weight is 189 g/mol. The Hall–Kier alpha value is -0.540. The van der Waals surface area contributed by atoms with Gasteiger partial charge in [0.1, 0.15) is 4.83 Å². The van der Waals surface area contributed by atoms with Crippen molar-refractivity contribution in [2.24, 2.45) is 7.05 Å². The fourth-order valence-electron chi connectivity index (χ4n) is 1.15. The Morgan fingerprint density at radius 2 is 2.27 bits per heavy atom. The summed E-state index contributed by atoms with van der Waals surface area (Å²) in [5, 5.41) is 7.66. The van der Waals surface area contributed by atoms with Crippen LogP contribution in [0.2, 0.25) is 0 Å². The van der Waals surface area contributed by atoms with Crippen molar-refractivity contribution in [3.8, 4) is 0 Å². The maximum atomic E-state index is 4.28. The Morgan fingerprint density at radius 3 is 2.91 bits per heavy atom. The highest BCUT2D eigenvalue weighted by molar-refractivity contribution is 7.16. The second-order valence-electron chi connectivity index (χ2n) is 2.35. The minimum atomic E-state index is 0. The van der Waals surface area contributed by atoms with E-state index in [1.165, 1.54) is 10.2 Å². The lowest BCUT2D eigenvalue weighted by atomic mass is 10.3. The molecule has 0 aromatic carbocycles. The molecule has 0 aliphatic rings. The Kier molecular flexibility index (Phi) is 2.20. The van der Waals surface area contributed by atoms with E-state index in [2.05, 4.69) is 16.5 Å². The molecule has 11 heavy (non-hydrogen) atoms. The fraction of sp³-hybridized carbons (Fsp3) is 0.286. The first-order valence-electron chi connectivity index (χ1n) is 3.16. The van der Waals surface area contributed by atoms with Crippen molar-refractivity contribution in [1.29, 1.82) is 0 Å². The standard InChI is InChI=1S/C7H8N2S.ClH/c1-5-6-3-4-10-7(6)9(2)8-5;/h3-4H,1-2H3;1H. The third-order valence-corrected chi connectivity index (χ3v) is 2.61. The molecule has 2 nitrogen and oxygen atoms in total. The highest BCUT2D eigenvalue weighted by Crippen LogP contribution is 2.22. The molecule has 0 aliphatic heterocycles. The number of thiophene rings is 1. The molecule has 0 saturated carbocycles. The number of halogens is 1. The van der Waals surface area contributed by atoms with E-state index in [4.69, 9.17) is 0 Å². The molecule has 0 spiro atoms. The van der Waals surface area contributed by atoms with Gasteiger partial charge >= 0.3 is 0 Å². The molecule has 0 radical (unpaired) electrons. The van der Waals surface area contributed by atoms with Gasteiger partial charge in [-0.15, -0.1) is 23.7 Å². The summed E-state index contributed by atoms with van der Waals surface area (Å²) in [6.45, 7) is 2.04. The SMILES string of the molecule is Cc1nn(C)c2sccc12.Cl. The molecule has 2 rings (SSSR count). The number of rotatable bonds is 0. The van der Waals surface area contributed by atoms with Gasteiger partial charge in [-0.2, -0.15) is 5.10 Å². The molecular formula is C7H9ClN2S. The molecule has 0 bridgehead atoms. The predicted octanol–water partition coefficient (Wildman–Crippen LogP) is 2.37. The summed E-state index contributed by atoms with van der Waals surface area (Å²) in [6, 6.07) is 2.11. The minimum absolute atomic E-state index is 0. The molecule has 0 fully saturated rings. The fourth-order valence-corrected chi connectivity index (χ4v) is 2.02. The van der Waals surface area contributed by atoms with Crippen molar-refractivity contribution in [2.75, 3.05) is 0 Å². The van der Waals surface area contributed by atoms with E-state index in [0.717, 1.165) is 5.69 Å². The number of nitrogens with zero attached hydrogens (tertiary/aromatic N) is 2. The number of hydrogen-bond donors (Lipinski definition) is 0. The lowest BCUT2D eigenvalue weighted by Gasteiger charge is -1.84. The van der Waals surface area contributed by atoms with Gasteiger partial charge in [0.05, 0.1) is 5.69 Å². The summed E-state index contributed by atoms with van der Waals surface area (Å²) in [5.41, 5.74) is 1.12. The summed E-state index contributed by atoms with van der Waals surface area (Å²) < 4.78 is 1.93. The van der Waals surface area contributed by atoms with Crippen LogP contribution in [0.3, 0.4) is 0 Å². The topological polar surface area (TPSA) is 17.8 Å². The molecular weight excluding hydrogens is 180 g/mol. The van der Waals surface area contributed by atoms with Crippen molar-refractivity contribution in [3.63, 3.8) is 0 Å². The highest BCUT2D eigenvalue weighted by atomic mass is 35.5. The summed E-state index contributed by atoms with van der Waals surface area (Å²) in [6.07, 6.45) is 0. The van der Waals surface area contributed by atoms with Crippen molar-refractivity contribution in [3.05, 3.63) is 17.1 Å². The van der Waals surface area contributed by atoms with Gasteiger partial charge in [0.25, 0.3) is 0 Å². The second kappa shape index (κ2) is 2.83. The Bertz CT molecular complexity index is 332. The van der Waals surface area contributed by atoms with Crippen LogP contribution in [0.25, 0.3) is 10.2 Å². The van der Waals surface area contributed by atoms with Gasteiger partial charge in [-0.25, -0.2) is 0 Å². The molecule has 2 aromatic heterocycles. The summed E-state index contributed by atoms with van der Waals surface area (Å²) in [4.78, 5) is 1.26. The van der Waals surface area contributed by atoms with Crippen LogP contribution in [-0.4, -0.2) is 9.78 Å². The lowest BCUT2D eigenvalue weighted by molar-refractivity contribution is 0.788. The van der Waals surface area contributed by atoms with E-state index < -0.39 is 0 Å². The number of aryl methyl sites for hydroxylation is 2. The van der Waals surface area contributed by atoms with Crippen LogP contribution >= 0.6 is 23.7 Å². The summed E-state index contributed by atoms with van der Waals surface area (Å²) >= 11 is 1.74. The van der Waals surface area contributed by atoms with Crippen LogP contribution in [0.15, 0.2) is 11.4 Å². The number of aromatic nitrogens is 2. The Balaban J connectivity index is 0.000000605. The molecule has 4 heteroatoms. The van der Waals surface area contributed by atoms with Gasteiger partial charge in [-0.3, -0.25) is 4.68 Å². The van der Waals surface area contributed by atoms with Crippen molar-refractivity contribution < 1.29 is 0 Å². The van der Waals surface area contributed by atoms with Crippen molar-refractivity contribution in [2.45, 2.75) is 6.92 Å². The highest BCUT2D eigenvalue weighted by Gasteiger charge is 2.03. The normalized spacial score (nSPS) is 10.0. The van der Waals surface area contributed by atoms with Crippen LogP contribution < -0.4 is 0 Å². The van der Waals surface area contributed by atoms with Gasteiger partial charge in [0.2, 0.25) is 0 Å². The zero-order valence-corrected chi connectivity index (χ0v) is 8.00. The monoisotopic (exact) mass is 188 g/mol. The first-order valence-corrected chi connectivity index (χ1v) is 4.04. The average Bonchev–Trinajstić information content (AvgIpc) is 2.39. The van der Waals surface area contributed by atoms with E-state index in [0.29, 0.717) is 0 Å². The molecule has 0 atom stereocenters. The summed E-state index contributed by atoms with van der Waals surface area (Å²) in [5.74, 6) is 0. The largest absolute Gasteiger partial charge is 0.258 e. The maximum absolute atomic E-state index is 4.28. The van der Waals surface area contributed by atoms with Crippen LogP contribution in [0.5, 0.6) is 0 Å². The molecule has 0 aliphatic carbocycles. The quantitative estimate of drug-likeness (QED) is 0.621. The minimum Gasteiger partial charge on any atom is -0.258 e. The van der Waals surface area contributed by atoms with E-state index in [-0.39, 0.29) is 12.4 Å². The molecule has 2 aromatic rings. The lowest BCUT2D eigenvalue weighted by Crippen LogP contribution is -1.87. The number of fused-ring (bicyclic) bond motifs is 1. The van der Waals surface area contributed by atoms with Gasteiger partial charge in [-0.05, 0) is 18.4 Å². The van der Waals surface area contributed by atoms with Crippen LogP contribution in [0.4, 0.5) is 0 Å². The number of hydrogen-bond acceptors (Lipinski definition) is 2. The Labute approximate surface area is 75.2 Å². The molecule has 2 heterocycles. The first kappa shape index (κ1) is 8.56. The van der Waals surface area contributed by atoms with Crippen LogP contribution in [0.1, 0.15) is 5.69 Å². The summed E-state index contributed by atoms with van der Waals surface area (Å²) in [7, 11) is 1.98. The van der Waals surface area contributed by atoms with Gasteiger partial charge in [0, 0.05) is 12.4 Å². The van der Waals surface area contributed by atoms with Gasteiger partial charge in [0.15, 0.2) is 0 Å². The zero-order chi connectivity index (χ0) is 7.14. The predicted molar refractivity (Wildman–Crippen MR) is 50.6 cm³/mol. The van der Waals surface area contributed by atoms with Gasteiger partial charge < -0.3 is 0 Å². The maximum Gasteiger partial charge on any atom is 0.121 e. The van der Waals surface area contributed by atoms with E-state index in [1.54, 1.807) is 11.3 Å². The molecule has 60 valence electrons. The van der Waals surface area contributed by atoms with E-state index in [9.17, 15) is 0 Å². The molecule has 0 N–H and O–H groups in total. The molecule has 0 saturated heterocycles. The molecule has 0 amide bonds. The van der Waals surface area contributed by atoms with Crippen LogP contribution in [-0.2, 0) is 7.05 Å². The van der Waals surface area contributed by atoms with Crippen molar-refractivity contribution >= 4 is 34.0 Å². The van der Waals surface area contributed by atoms with Gasteiger partial charge in [-0.1, -0.05) is 0 Å². The van der Waals surface area contributed by atoms with Crippen molar-refractivity contribution in [1.82, 2.24) is 9.78 Å². The second-order valence-corrected chi connectivity index (χ2v) is 3.24. The smallest absolute Gasteiger partial charge is 0.121 e. The Morgan fingerprint density at radius 1 is 1.55 bits per heavy atom. The third-order valence-electron chi connectivity index (χ3n) is 1.63. The van der Waals surface area contributed by atoms with E-state index in [1.807, 2.05) is 18.7 Å². The third kappa shape index (κ3) is 1.14.